The number of aromatic nitrogens is 1. The van der Waals surface area contributed by atoms with Gasteiger partial charge in [-0.2, -0.15) is 0 Å². The zero-order valence-corrected chi connectivity index (χ0v) is 15.8. The van der Waals surface area contributed by atoms with Crippen LogP contribution in [0.4, 0.5) is 8.78 Å². The monoisotopic (exact) mass is 474 g/mol. The Morgan fingerprint density at radius 2 is 1.92 bits per heavy atom. The number of nitrogens with zero attached hydrogens (tertiary/aromatic N) is 1. The summed E-state index contributed by atoms with van der Waals surface area (Å²) in [6.07, 6.45) is 1.58. The fourth-order valence-electron chi connectivity index (χ4n) is 3.13. The topological polar surface area (TPSA) is 82.5 Å². The highest BCUT2D eigenvalue weighted by atomic mass is 127. The average molecular weight is 474 g/mol. The minimum Gasteiger partial charge on any atom is -0.390 e. The van der Waals surface area contributed by atoms with Gasteiger partial charge >= 0.3 is 0 Å². The molecule has 5 nitrogen and oxygen atoms in total. The molecule has 1 saturated carbocycles. The van der Waals surface area contributed by atoms with E-state index in [2.05, 4.69) is 10.3 Å². The first-order chi connectivity index (χ1) is 12.4. The molecule has 1 heterocycles. The molecule has 3 atom stereocenters. The molecule has 2 aromatic rings. The molecular weight excluding hydrogens is 457 g/mol. The molecule has 26 heavy (non-hydrogen) atoms. The van der Waals surface area contributed by atoms with Crippen LogP contribution in [0.5, 0.6) is 0 Å². The summed E-state index contributed by atoms with van der Waals surface area (Å²) < 4.78 is 29.4. The number of hydrogen-bond acceptors (Lipinski definition) is 4. The van der Waals surface area contributed by atoms with Crippen LogP contribution in [0.15, 0.2) is 30.6 Å². The van der Waals surface area contributed by atoms with E-state index in [4.69, 9.17) is 0 Å². The number of carbonyl (C=O) groups excluding carboxylic acids is 1. The van der Waals surface area contributed by atoms with E-state index in [-0.39, 0.29) is 16.7 Å². The highest BCUT2D eigenvalue weighted by Crippen LogP contribution is 2.29. The lowest BCUT2D eigenvalue weighted by molar-refractivity contribution is -0.0278. The Labute approximate surface area is 162 Å². The van der Waals surface area contributed by atoms with Crippen molar-refractivity contribution in [2.75, 3.05) is 0 Å². The molecular formula is C18H17F2IN2O3. The highest BCUT2D eigenvalue weighted by molar-refractivity contribution is 14.1. The van der Waals surface area contributed by atoms with E-state index in [1.807, 2.05) is 22.6 Å². The van der Waals surface area contributed by atoms with E-state index in [0.717, 1.165) is 6.20 Å². The van der Waals surface area contributed by atoms with Crippen molar-refractivity contribution < 1.29 is 23.8 Å². The van der Waals surface area contributed by atoms with Gasteiger partial charge in [0.25, 0.3) is 5.91 Å². The van der Waals surface area contributed by atoms with Crippen LogP contribution in [-0.2, 0) is 0 Å². The highest BCUT2D eigenvalue weighted by Gasteiger charge is 2.32. The van der Waals surface area contributed by atoms with Gasteiger partial charge in [-0.05, 0) is 54.0 Å². The van der Waals surface area contributed by atoms with E-state index in [1.54, 1.807) is 6.07 Å². The van der Waals surface area contributed by atoms with Crippen molar-refractivity contribution >= 4 is 28.5 Å². The summed E-state index contributed by atoms with van der Waals surface area (Å²) in [4.78, 5) is 16.4. The van der Waals surface area contributed by atoms with Gasteiger partial charge in [0.1, 0.15) is 5.82 Å². The number of halogens is 3. The molecule has 1 aromatic heterocycles. The Hall–Kier alpha value is -1.65. The van der Waals surface area contributed by atoms with Gasteiger partial charge in [-0.3, -0.25) is 9.78 Å². The summed E-state index contributed by atoms with van der Waals surface area (Å²) >= 11 is 1.95. The first-order valence-electron chi connectivity index (χ1n) is 8.14. The van der Waals surface area contributed by atoms with Gasteiger partial charge in [0.15, 0.2) is 5.82 Å². The first-order valence-corrected chi connectivity index (χ1v) is 9.22. The number of rotatable bonds is 3. The SMILES string of the molecule is O=C(NC1CCCC(O)C1O)c1c(F)cncc1-c1ccc(I)cc1F. The Balaban J connectivity index is 1.95. The second-order valence-corrected chi connectivity index (χ2v) is 7.48. The van der Waals surface area contributed by atoms with Crippen LogP contribution < -0.4 is 5.32 Å². The van der Waals surface area contributed by atoms with Gasteiger partial charge in [-0.1, -0.05) is 6.07 Å². The molecule has 0 aliphatic heterocycles. The van der Waals surface area contributed by atoms with Crippen molar-refractivity contribution in [2.45, 2.75) is 37.5 Å². The lowest BCUT2D eigenvalue weighted by Crippen LogP contribution is -2.51. The number of aliphatic hydroxyl groups is 2. The Bertz CT molecular complexity index is 834. The van der Waals surface area contributed by atoms with Crippen molar-refractivity contribution in [3.05, 3.63) is 51.4 Å². The van der Waals surface area contributed by atoms with Crippen LogP contribution in [-0.4, -0.2) is 39.4 Å². The van der Waals surface area contributed by atoms with Crippen molar-refractivity contribution in [1.29, 1.82) is 0 Å². The van der Waals surface area contributed by atoms with Crippen LogP contribution in [0.3, 0.4) is 0 Å². The summed E-state index contributed by atoms with van der Waals surface area (Å²) in [7, 11) is 0. The van der Waals surface area contributed by atoms with E-state index in [1.165, 1.54) is 18.3 Å². The van der Waals surface area contributed by atoms with Crippen molar-refractivity contribution in [3.8, 4) is 11.1 Å². The molecule has 138 valence electrons. The third kappa shape index (κ3) is 3.86. The van der Waals surface area contributed by atoms with Gasteiger partial charge in [0, 0.05) is 20.9 Å². The summed E-state index contributed by atoms with van der Waals surface area (Å²) in [6.45, 7) is 0. The van der Waals surface area contributed by atoms with Crippen LogP contribution in [0.1, 0.15) is 29.6 Å². The summed E-state index contributed by atoms with van der Waals surface area (Å²) in [5, 5.41) is 22.3. The third-order valence-electron chi connectivity index (χ3n) is 4.49. The Morgan fingerprint density at radius 3 is 2.65 bits per heavy atom. The number of carbonyl (C=O) groups is 1. The molecule has 3 unspecified atom stereocenters. The number of amides is 1. The maximum absolute atomic E-state index is 14.4. The van der Waals surface area contributed by atoms with Gasteiger partial charge in [-0.25, -0.2) is 8.78 Å². The van der Waals surface area contributed by atoms with Gasteiger partial charge < -0.3 is 15.5 Å². The third-order valence-corrected chi connectivity index (χ3v) is 5.16. The number of aliphatic hydroxyl groups excluding tert-OH is 2. The zero-order chi connectivity index (χ0) is 18.8. The zero-order valence-electron chi connectivity index (χ0n) is 13.6. The predicted molar refractivity (Wildman–Crippen MR) is 99.4 cm³/mol. The van der Waals surface area contributed by atoms with Crippen LogP contribution in [0.25, 0.3) is 11.1 Å². The molecule has 1 aromatic carbocycles. The fraction of sp³-hybridized carbons (Fsp3) is 0.333. The van der Waals surface area contributed by atoms with Gasteiger partial charge in [0.05, 0.1) is 30.0 Å². The van der Waals surface area contributed by atoms with Gasteiger partial charge in [0.2, 0.25) is 0 Å². The molecule has 3 rings (SSSR count). The largest absolute Gasteiger partial charge is 0.390 e. The average Bonchev–Trinajstić information content (AvgIpc) is 2.58. The second kappa shape index (κ2) is 7.93. The first kappa shape index (κ1) is 19.1. The minimum atomic E-state index is -1.13. The Kier molecular flexibility index (Phi) is 5.83. The maximum Gasteiger partial charge on any atom is 0.255 e. The molecule has 1 aliphatic rings. The van der Waals surface area contributed by atoms with Crippen molar-refractivity contribution in [2.24, 2.45) is 0 Å². The fourth-order valence-corrected chi connectivity index (χ4v) is 3.59. The standard InChI is InChI=1S/C18H17F2IN2O3/c19-12-6-9(21)4-5-10(12)11-7-22-8-13(20)16(11)18(26)23-14-2-1-3-15(24)17(14)25/h4-8,14-15,17,24-25H,1-3H2,(H,23,26). The van der Waals surface area contributed by atoms with Crippen LogP contribution in [0.2, 0.25) is 0 Å². The lowest BCUT2D eigenvalue weighted by atomic mass is 9.89. The molecule has 0 bridgehead atoms. The second-order valence-electron chi connectivity index (χ2n) is 6.24. The van der Waals surface area contributed by atoms with Crippen molar-refractivity contribution in [3.63, 3.8) is 0 Å². The maximum atomic E-state index is 14.4. The number of hydrogen-bond donors (Lipinski definition) is 3. The van der Waals surface area contributed by atoms with Crippen molar-refractivity contribution in [1.82, 2.24) is 10.3 Å². The molecule has 0 spiro atoms. The number of pyridine rings is 1. The molecule has 0 saturated heterocycles. The number of nitrogens with one attached hydrogen (secondary N) is 1. The molecule has 3 N–H and O–H groups in total. The molecule has 0 radical (unpaired) electrons. The quantitative estimate of drug-likeness (QED) is 0.598. The molecule has 1 aliphatic carbocycles. The van der Waals surface area contributed by atoms with E-state index >= 15 is 0 Å². The minimum absolute atomic E-state index is 0.0299. The van der Waals surface area contributed by atoms with Crippen LogP contribution >= 0.6 is 22.6 Å². The molecule has 1 fully saturated rings. The van der Waals surface area contributed by atoms with E-state index < -0.39 is 35.8 Å². The summed E-state index contributed by atoms with van der Waals surface area (Å²) in [5.41, 5.74) is -0.249. The van der Waals surface area contributed by atoms with Crippen LogP contribution in [0, 0.1) is 15.2 Å². The van der Waals surface area contributed by atoms with Gasteiger partial charge in [-0.15, -0.1) is 0 Å². The predicted octanol–water partition coefficient (Wildman–Crippen LogP) is 2.64. The molecule has 8 heteroatoms. The Morgan fingerprint density at radius 1 is 1.15 bits per heavy atom. The van der Waals surface area contributed by atoms with E-state index in [9.17, 15) is 23.8 Å². The smallest absolute Gasteiger partial charge is 0.255 e. The molecule has 1 amide bonds. The lowest BCUT2D eigenvalue weighted by Gasteiger charge is -2.32. The summed E-state index contributed by atoms with van der Waals surface area (Å²) in [5.74, 6) is -2.26. The normalized spacial score (nSPS) is 22.9. The number of benzene rings is 1. The summed E-state index contributed by atoms with van der Waals surface area (Å²) in [6, 6.07) is 3.69. The van der Waals surface area contributed by atoms with E-state index in [0.29, 0.717) is 22.8 Å².